The van der Waals surface area contributed by atoms with Gasteiger partial charge in [-0.3, -0.25) is 4.68 Å². The quantitative estimate of drug-likeness (QED) is 0.691. The molecule has 0 N–H and O–H groups in total. The van der Waals surface area contributed by atoms with Crippen LogP contribution in [0.5, 0.6) is 0 Å². The first-order valence-electron chi connectivity index (χ1n) is 6.34. The third kappa shape index (κ3) is 2.53. The van der Waals surface area contributed by atoms with Gasteiger partial charge in [-0.1, -0.05) is 29.8 Å². The molecule has 0 bridgehead atoms. The highest BCUT2D eigenvalue weighted by molar-refractivity contribution is 6.30. The predicted molar refractivity (Wildman–Crippen MR) is 79.9 cm³/mol. The molecule has 1 aromatic carbocycles. The molecule has 0 saturated heterocycles. The maximum atomic E-state index is 6.00. The van der Waals surface area contributed by atoms with Crippen LogP contribution in [0.15, 0.2) is 42.9 Å². The Morgan fingerprint density at radius 2 is 2.20 bits per heavy atom. The largest absolute Gasteiger partial charge is 0.383 e. The monoisotopic (exact) mass is 287 g/mol. The van der Waals surface area contributed by atoms with Crippen molar-refractivity contribution in [2.24, 2.45) is 0 Å². The number of hydrogen-bond donors (Lipinski definition) is 0. The van der Waals surface area contributed by atoms with Gasteiger partial charge in [-0.25, -0.2) is 4.98 Å². The van der Waals surface area contributed by atoms with E-state index < -0.39 is 0 Å². The lowest BCUT2D eigenvalue weighted by Crippen LogP contribution is -2.03. The van der Waals surface area contributed by atoms with E-state index in [0.717, 1.165) is 28.4 Å². The number of rotatable bonds is 4. The zero-order valence-electron chi connectivity index (χ0n) is 11.1. The van der Waals surface area contributed by atoms with E-state index >= 15 is 0 Å². The normalized spacial score (nSPS) is 11.1. The molecule has 0 radical (unpaired) electrons. The molecule has 0 aliphatic rings. The van der Waals surface area contributed by atoms with Gasteiger partial charge in [0.2, 0.25) is 0 Å². The van der Waals surface area contributed by atoms with E-state index in [1.165, 1.54) is 0 Å². The van der Waals surface area contributed by atoms with E-state index in [-0.39, 0.29) is 0 Å². The Bertz CT molecular complexity index is 739. The molecule has 0 fully saturated rings. The van der Waals surface area contributed by atoms with Crippen LogP contribution in [0.25, 0.3) is 21.9 Å². The van der Waals surface area contributed by atoms with Gasteiger partial charge >= 0.3 is 0 Å². The van der Waals surface area contributed by atoms with Crippen molar-refractivity contribution in [2.45, 2.75) is 6.54 Å². The number of ether oxygens (including phenoxy) is 1. The molecule has 5 heteroatoms. The number of aromatic nitrogens is 3. The molecule has 3 aromatic rings. The zero-order chi connectivity index (χ0) is 13.9. The van der Waals surface area contributed by atoms with Crippen molar-refractivity contribution in [1.82, 2.24) is 14.8 Å². The van der Waals surface area contributed by atoms with Crippen LogP contribution in [0.3, 0.4) is 0 Å². The summed E-state index contributed by atoms with van der Waals surface area (Å²) in [7, 11) is 1.68. The molecule has 0 amide bonds. The van der Waals surface area contributed by atoms with Crippen LogP contribution in [0.2, 0.25) is 5.15 Å². The van der Waals surface area contributed by atoms with Crippen molar-refractivity contribution < 1.29 is 4.74 Å². The molecule has 3 rings (SSSR count). The first kappa shape index (κ1) is 13.1. The minimum absolute atomic E-state index is 0.497. The standard InChI is InChI=1S/C15H14ClN3O/c1-20-6-5-19-10-12(9-18-19)13-4-2-3-11-8-17-15(16)7-14(11)13/h2-4,7-10H,5-6H2,1H3. The fraction of sp³-hybridized carbons (Fsp3) is 0.200. The van der Waals surface area contributed by atoms with Gasteiger partial charge in [-0.05, 0) is 17.0 Å². The van der Waals surface area contributed by atoms with Gasteiger partial charge in [0.25, 0.3) is 0 Å². The maximum Gasteiger partial charge on any atom is 0.129 e. The molecule has 20 heavy (non-hydrogen) atoms. The first-order chi connectivity index (χ1) is 9.78. The summed E-state index contributed by atoms with van der Waals surface area (Å²) in [6, 6.07) is 7.99. The topological polar surface area (TPSA) is 39.9 Å². The highest BCUT2D eigenvalue weighted by atomic mass is 35.5. The van der Waals surface area contributed by atoms with Gasteiger partial charge in [0.1, 0.15) is 5.15 Å². The average molecular weight is 288 g/mol. The fourth-order valence-electron chi connectivity index (χ4n) is 2.21. The molecular formula is C15H14ClN3O. The lowest BCUT2D eigenvalue weighted by Gasteiger charge is -2.04. The molecular weight excluding hydrogens is 274 g/mol. The van der Waals surface area contributed by atoms with Gasteiger partial charge in [-0.15, -0.1) is 0 Å². The Morgan fingerprint density at radius 1 is 1.30 bits per heavy atom. The number of pyridine rings is 1. The molecule has 0 aliphatic carbocycles. The van der Waals surface area contributed by atoms with Gasteiger partial charge in [0, 0.05) is 30.5 Å². The molecule has 2 heterocycles. The fourth-order valence-corrected chi connectivity index (χ4v) is 2.36. The SMILES string of the molecule is COCCn1cc(-c2cccc3cnc(Cl)cc23)cn1. The van der Waals surface area contributed by atoms with Gasteiger partial charge < -0.3 is 4.74 Å². The molecule has 0 unspecified atom stereocenters. The van der Waals surface area contributed by atoms with Crippen molar-refractivity contribution in [3.63, 3.8) is 0 Å². The van der Waals surface area contributed by atoms with Crippen LogP contribution in [0, 0.1) is 0 Å². The van der Waals surface area contributed by atoms with Crippen molar-refractivity contribution in [3.8, 4) is 11.1 Å². The Balaban J connectivity index is 2.05. The summed E-state index contributed by atoms with van der Waals surface area (Å²) in [4.78, 5) is 4.12. The van der Waals surface area contributed by atoms with E-state index in [1.807, 2.05) is 35.3 Å². The number of halogens is 1. The number of fused-ring (bicyclic) bond motifs is 1. The number of hydrogen-bond acceptors (Lipinski definition) is 3. The minimum Gasteiger partial charge on any atom is -0.383 e. The van der Waals surface area contributed by atoms with E-state index in [0.29, 0.717) is 11.8 Å². The van der Waals surface area contributed by atoms with Crippen molar-refractivity contribution >= 4 is 22.4 Å². The van der Waals surface area contributed by atoms with E-state index in [4.69, 9.17) is 16.3 Å². The summed E-state index contributed by atoms with van der Waals surface area (Å²) >= 11 is 6.00. The third-order valence-corrected chi connectivity index (χ3v) is 3.41. The van der Waals surface area contributed by atoms with Crippen LogP contribution in [-0.2, 0) is 11.3 Å². The molecule has 0 aliphatic heterocycles. The first-order valence-corrected chi connectivity index (χ1v) is 6.72. The van der Waals surface area contributed by atoms with Crippen molar-refractivity contribution in [2.75, 3.05) is 13.7 Å². The van der Waals surface area contributed by atoms with Gasteiger partial charge in [0.05, 0.1) is 19.3 Å². The minimum atomic E-state index is 0.497. The summed E-state index contributed by atoms with van der Waals surface area (Å²) in [5, 5.41) is 6.99. The number of methoxy groups -OCH3 is 1. The average Bonchev–Trinajstić information content (AvgIpc) is 2.93. The molecule has 0 spiro atoms. The summed E-state index contributed by atoms with van der Waals surface area (Å²) < 4.78 is 6.94. The summed E-state index contributed by atoms with van der Waals surface area (Å²) in [5.74, 6) is 0. The Hall–Kier alpha value is -1.91. The van der Waals surface area contributed by atoms with Crippen LogP contribution in [-0.4, -0.2) is 28.5 Å². The van der Waals surface area contributed by atoms with E-state index in [1.54, 1.807) is 13.3 Å². The second-order valence-electron chi connectivity index (χ2n) is 4.52. The summed E-state index contributed by atoms with van der Waals surface area (Å²) in [5.41, 5.74) is 2.17. The van der Waals surface area contributed by atoms with Crippen LogP contribution in [0.4, 0.5) is 0 Å². The van der Waals surface area contributed by atoms with E-state index in [2.05, 4.69) is 16.1 Å². The predicted octanol–water partition coefficient (Wildman–Crippen LogP) is 3.40. The Morgan fingerprint density at radius 3 is 3.05 bits per heavy atom. The number of nitrogens with zero attached hydrogens (tertiary/aromatic N) is 3. The third-order valence-electron chi connectivity index (χ3n) is 3.20. The molecule has 2 aromatic heterocycles. The lowest BCUT2D eigenvalue weighted by molar-refractivity contribution is 0.183. The Labute approximate surface area is 122 Å². The lowest BCUT2D eigenvalue weighted by atomic mass is 10.0. The van der Waals surface area contributed by atoms with Crippen molar-refractivity contribution in [1.29, 1.82) is 0 Å². The van der Waals surface area contributed by atoms with Crippen LogP contribution < -0.4 is 0 Å². The summed E-state index contributed by atoms with van der Waals surface area (Å²) in [6.45, 7) is 1.38. The maximum absolute atomic E-state index is 6.00. The highest BCUT2D eigenvalue weighted by Crippen LogP contribution is 2.29. The zero-order valence-corrected chi connectivity index (χ0v) is 11.8. The van der Waals surface area contributed by atoms with Crippen LogP contribution >= 0.6 is 11.6 Å². The van der Waals surface area contributed by atoms with E-state index in [9.17, 15) is 0 Å². The van der Waals surface area contributed by atoms with Gasteiger partial charge in [0.15, 0.2) is 0 Å². The summed E-state index contributed by atoms with van der Waals surface area (Å²) in [6.07, 6.45) is 5.66. The Kier molecular flexibility index (Phi) is 3.67. The van der Waals surface area contributed by atoms with Gasteiger partial charge in [-0.2, -0.15) is 5.10 Å². The molecule has 0 saturated carbocycles. The van der Waals surface area contributed by atoms with Crippen molar-refractivity contribution in [3.05, 3.63) is 48.0 Å². The highest BCUT2D eigenvalue weighted by Gasteiger charge is 2.07. The molecule has 0 atom stereocenters. The molecule has 4 nitrogen and oxygen atoms in total. The second-order valence-corrected chi connectivity index (χ2v) is 4.91. The van der Waals surface area contributed by atoms with Crippen LogP contribution in [0.1, 0.15) is 0 Å². The smallest absolute Gasteiger partial charge is 0.129 e. The second kappa shape index (κ2) is 5.61. The molecule has 102 valence electrons. The number of benzene rings is 1.